The number of hydrazine groups is 1. The Kier molecular flexibility index (Phi) is 9.21. The van der Waals surface area contributed by atoms with Gasteiger partial charge in [-0.1, -0.05) is 57.4 Å². The van der Waals surface area contributed by atoms with Crippen LogP contribution in [0.15, 0.2) is 66.6 Å². The van der Waals surface area contributed by atoms with Crippen LogP contribution < -0.4 is 16.3 Å². The molecule has 2 fully saturated rings. The van der Waals surface area contributed by atoms with Crippen molar-refractivity contribution in [1.29, 1.82) is 0 Å². The number of nitrogens with two attached hydrogens (primary N) is 2. The van der Waals surface area contributed by atoms with Crippen LogP contribution in [0.4, 0.5) is 0 Å². The van der Waals surface area contributed by atoms with Gasteiger partial charge in [-0.05, 0) is 80.3 Å². The monoisotopic (exact) mass is 571 g/mol. The number of nitrogens with zero attached hydrogens (tertiary/aromatic N) is 3. The van der Waals surface area contributed by atoms with Crippen molar-refractivity contribution < 1.29 is 14.6 Å². The summed E-state index contributed by atoms with van der Waals surface area (Å²) in [5.41, 5.74) is 10.9. The lowest BCUT2D eigenvalue weighted by Gasteiger charge is -2.28. The lowest BCUT2D eigenvalue weighted by atomic mass is 9.86. The zero-order valence-electron chi connectivity index (χ0n) is 25.1. The number of aromatic nitrogens is 2. The van der Waals surface area contributed by atoms with Gasteiger partial charge in [0.25, 0.3) is 0 Å². The fourth-order valence-corrected chi connectivity index (χ4v) is 6.52. The molecule has 0 radical (unpaired) electrons. The first-order valence-corrected chi connectivity index (χ1v) is 15.5. The molecule has 8 nitrogen and oxygen atoms in total. The minimum absolute atomic E-state index is 0.0159. The lowest BCUT2D eigenvalue weighted by molar-refractivity contribution is 0.0695. The van der Waals surface area contributed by atoms with Crippen LogP contribution in [-0.4, -0.2) is 38.0 Å². The van der Waals surface area contributed by atoms with Crippen molar-refractivity contribution >= 4 is 5.97 Å². The lowest BCUT2D eigenvalue weighted by Crippen LogP contribution is -2.36. The fourth-order valence-electron chi connectivity index (χ4n) is 6.52. The molecule has 2 aliphatic carbocycles. The second-order valence-corrected chi connectivity index (χ2v) is 12.0. The molecule has 3 aromatic rings. The van der Waals surface area contributed by atoms with Gasteiger partial charge >= 0.3 is 5.97 Å². The Morgan fingerprint density at radius 2 is 1.81 bits per heavy atom. The fraction of sp³-hybridized carbons (Fsp3) is 0.471. The first-order valence-electron chi connectivity index (χ1n) is 15.5. The molecule has 0 saturated heterocycles. The highest BCUT2D eigenvalue weighted by atomic mass is 16.5. The number of carbonyl (C=O) groups is 1. The molecule has 1 aromatic heterocycles. The molecule has 2 unspecified atom stereocenters. The zero-order chi connectivity index (χ0) is 29.8. The molecule has 2 saturated carbocycles. The van der Waals surface area contributed by atoms with Gasteiger partial charge in [0.15, 0.2) is 0 Å². The summed E-state index contributed by atoms with van der Waals surface area (Å²) in [5.74, 6) is 6.72. The van der Waals surface area contributed by atoms with Crippen LogP contribution in [0.25, 0.3) is 16.8 Å². The third-order valence-electron chi connectivity index (χ3n) is 9.16. The summed E-state index contributed by atoms with van der Waals surface area (Å²) in [7, 11) is 0. The average Bonchev–Trinajstić information content (AvgIpc) is 3.67. The number of rotatable bonds is 12. The van der Waals surface area contributed by atoms with E-state index in [9.17, 15) is 9.90 Å². The maximum atomic E-state index is 12.2. The van der Waals surface area contributed by atoms with E-state index in [4.69, 9.17) is 16.3 Å². The molecule has 8 heteroatoms. The number of benzene rings is 2. The molecule has 0 aliphatic heterocycles. The predicted molar refractivity (Wildman–Crippen MR) is 166 cm³/mol. The molecule has 3 atom stereocenters. The number of hydrogen-bond donors (Lipinski definition) is 3. The molecular weight excluding hydrogens is 526 g/mol. The predicted octanol–water partition coefficient (Wildman–Crippen LogP) is 6.85. The maximum Gasteiger partial charge on any atom is 0.339 e. The Labute approximate surface area is 249 Å². The summed E-state index contributed by atoms with van der Waals surface area (Å²) < 4.78 is 8.16. The molecule has 2 aromatic carbocycles. The Morgan fingerprint density at radius 3 is 2.50 bits per heavy atom. The van der Waals surface area contributed by atoms with Crippen LogP contribution >= 0.6 is 0 Å². The van der Waals surface area contributed by atoms with Gasteiger partial charge in [0.05, 0.1) is 23.7 Å². The van der Waals surface area contributed by atoms with Crippen molar-refractivity contribution in [2.75, 3.05) is 0 Å². The molecule has 5 N–H and O–H groups in total. The van der Waals surface area contributed by atoms with Crippen molar-refractivity contribution in [1.82, 2.24) is 14.8 Å². The van der Waals surface area contributed by atoms with Crippen LogP contribution in [0.2, 0.25) is 0 Å². The summed E-state index contributed by atoms with van der Waals surface area (Å²) in [6.07, 6.45) is 12.4. The second kappa shape index (κ2) is 13.0. The molecule has 42 heavy (non-hydrogen) atoms. The highest BCUT2D eigenvalue weighted by Crippen LogP contribution is 2.52. The Morgan fingerprint density at radius 1 is 1.12 bits per heavy atom. The number of carboxylic acids is 1. The van der Waals surface area contributed by atoms with Crippen molar-refractivity contribution in [2.24, 2.45) is 23.4 Å². The first kappa shape index (κ1) is 29.7. The van der Waals surface area contributed by atoms with Gasteiger partial charge in [-0.15, -0.1) is 0 Å². The van der Waals surface area contributed by atoms with Crippen LogP contribution in [-0.2, 0) is 0 Å². The molecule has 1 heterocycles. The van der Waals surface area contributed by atoms with Gasteiger partial charge in [0, 0.05) is 29.8 Å². The largest absolute Gasteiger partial charge is 0.490 e. The molecular formula is C34H45N5O3. The molecule has 5 rings (SSSR count). The summed E-state index contributed by atoms with van der Waals surface area (Å²) in [5, 5.41) is 16.2. The minimum Gasteiger partial charge on any atom is -0.490 e. The van der Waals surface area contributed by atoms with Crippen LogP contribution in [0.1, 0.15) is 94.1 Å². The van der Waals surface area contributed by atoms with E-state index in [1.54, 1.807) is 9.69 Å². The van der Waals surface area contributed by atoms with Gasteiger partial charge in [-0.25, -0.2) is 15.3 Å². The smallest absolute Gasteiger partial charge is 0.339 e. The van der Waals surface area contributed by atoms with Gasteiger partial charge in [-0.3, -0.25) is 0 Å². The Bertz CT molecular complexity index is 1410. The Balaban J connectivity index is 1.39. The second-order valence-electron chi connectivity index (χ2n) is 12.0. The van der Waals surface area contributed by atoms with Crippen LogP contribution in [0.3, 0.4) is 0 Å². The summed E-state index contributed by atoms with van der Waals surface area (Å²) in [4.78, 5) is 12.2. The highest BCUT2D eigenvalue weighted by Gasteiger charge is 2.45. The number of allylic oxidation sites excluding steroid dienone is 1. The van der Waals surface area contributed by atoms with Gasteiger partial charge in [0.1, 0.15) is 11.3 Å². The van der Waals surface area contributed by atoms with E-state index in [0.717, 1.165) is 41.8 Å². The summed E-state index contributed by atoms with van der Waals surface area (Å²) in [6.45, 7) is 6.39. The SMILES string of the molecule is CCC(CC)N(N)/C=C(\N)C1C[C@H]1c1c(C(=O)O)cnn1-c1cccc(-c2cccc(OC(C)C3CCCCC3)c2)c1. The number of carboxylic acid groups (broad SMARTS) is 1. The van der Waals surface area contributed by atoms with Gasteiger partial charge in [0.2, 0.25) is 0 Å². The van der Waals surface area contributed by atoms with E-state index in [1.807, 2.05) is 30.5 Å². The molecule has 224 valence electrons. The third kappa shape index (κ3) is 6.49. The van der Waals surface area contributed by atoms with Crippen LogP contribution in [0.5, 0.6) is 5.75 Å². The quantitative estimate of drug-likeness (QED) is 0.161. The summed E-state index contributed by atoms with van der Waals surface area (Å²) >= 11 is 0. The van der Waals surface area contributed by atoms with Crippen molar-refractivity contribution in [3.05, 3.63) is 77.9 Å². The number of aromatic carboxylic acids is 1. The maximum absolute atomic E-state index is 12.2. The van der Waals surface area contributed by atoms with E-state index < -0.39 is 5.97 Å². The molecule has 2 aliphatic rings. The molecule has 0 spiro atoms. The van der Waals surface area contributed by atoms with E-state index in [0.29, 0.717) is 17.3 Å². The third-order valence-corrected chi connectivity index (χ3v) is 9.16. The van der Waals surface area contributed by atoms with E-state index in [2.05, 4.69) is 50.1 Å². The molecule has 0 bridgehead atoms. The molecule has 0 amide bonds. The van der Waals surface area contributed by atoms with E-state index in [-0.39, 0.29) is 29.5 Å². The number of ether oxygens (including phenoxy) is 1. The van der Waals surface area contributed by atoms with E-state index >= 15 is 0 Å². The number of hydrogen-bond acceptors (Lipinski definition) is 6. The summed E-state index contributed by atoms with van der Waals surface area (Å²) in [6, 6.07) is 16.5. The topological polar surface area (TPSA) is 120 Å². The first-order chi connectivity index (χ1) is 20.3. The Hall–Kier alpha value is -3.78. The van der Waals surface area contributed by atoms with Gasteiger partial charge in [-0.2, -0.15) is 5.10 Å². The van der Waals surface area contributed by atoms with Gasteiger partial charge < -0.3 is 20.6 Å². The zero-order valence-corrected chi connectivity index (χ0v) is 25.1. The van der Waals surface area contributed by atoms with Crippen molar-refractivity contribution in [2.45, 2.75) is 90.2 Å². The van der Waals surface area contributed by atoms with E-state index in [1.165, 1.54) is 38.3 Å². The van der Waals surface area contributed by atoms with Crippen LogP contribution in [0, 0.1) is 11.8 Å². The average molecular weight is 572 g/mol. The van der Waals surface area contributed by atoms with Crippen molar-refractivity contribution in [3.8, 4) is 22.6 Å². The standard InChI is InChI=1S/C34H45N5O3/c1-4-26(5-2)38(36)21-32(35)29-19-30(29)33-31(34(40)41)20-37-39(33)27-15-9-13-24(17-27)25-14-10-16-28(18-25)42-22(3)23-11-7-6-8-12-23/h9-10,13-18,20-23,26,29-30H,4-8,11-12,19,35-36H2,1-3H3,(H,40,41)/b32-21-/t22?,29?,30-/m1/s1. The minimum atomic E-state index is -0.991. The normalized spacial score (nSPS) is 20.0. The van der Waals surface area contributed by atoms with Crippen molar-refractivity contribution in [3.63, 3.8) is 0 Å². The highest BCUT2D eigenvalue weighted by molar-refractivity contribution is 5.89.